The van der Waals surface area contributed by atoms with Crippen molar-refractivity contribution in [3.05, 3.63) is 41.9 Å². The fraction of sp³-hybridized carbons (Fsp3) is 0.421. The summed E-state index contributed by atoms with van der Waals surface area (Å²) in [5.74, 6) is -3.16. The molecule has 0 aliphatic heterocycles. The first kappa shape index (κ1) is 19.9. The van der Waals surface area contributed by atoms with Crippen molar-refractivity contribution in [2.75, 3.05) is 10.6 Å². The van der Waals surface area contributed by atoms with Crippen LogP contribution in [0.2, 0.25) is 0 Å². The number of aromatic nitrogens is 2. The quantitative estimate of drug-likeness (QED) is 0.602. The van der Waals surface area contributed by atoms with E-state index in [1.165, 1.54) is 12.3 Å². The molecule has 0 radical (unpaired) electrons. The minimum Gasteiger partial charge on any atom is -0.374 e. The van der Waals surface area contributed by atoms with Crippen molar-refractivity contribution in [2.45, 2.75) is 50.6 Å². The number of pyridine rings is 2. The third-order valence-corrected chi connectivity index (χ3v) is 4.81. The first-order valence-corrected chi connectivity index (χ1v) is 9.23. The minimum absolute atomic E-state index is 0.00560. The van der Waals surface area contributed by atoms with Crippen molar-refractivity contribution >= 4 is 23.1 Å². The lowest BCUT2D eigenvalue weighted by Crippen LogP contribution is -2.54. The van der Waals surface area contributed by atoms with Crippen LogP contribution in [0.5, 0.6) is 0 Å². The summed E-state index contributed by atoms with van der Waals surface area (Å²) in [4.78, 5) is 20.2. The average Bonchev–Trinajstić information content (AvgIpc) is 2.65. The van der Waals surface area contributed by atoms with Crippen LogP contribution in [0, 0.1) is 0 Å². The molecule has 150 valence electrons. The molecule has 0 spiro atoms. The molecule has 2 atom stereocenters. The zero-order valence-electron chi connectivity index (χ0n) is 15.6. The molecule has 0 unspecified atom stereocenters. The van der Waals surface area contributed by atoms with Crippen molar-refractivity contribution in [3.8, 4) is 0 Å². The molecule has 0 aromatic carbocycles. The molecule has 3 rings (SSSR count). The topological polar surface area (TPSA) is 119 Å². The summed E-state index contributed by atoms with van der Waals surface area (Å²) in [5.41, 5.74) is 12.8. The van der Waals surface area contributed by atoms with E-state index in [0.717, 1.165) is 12.1 Å². The van der Waals surface area contributed by atoms with Crippen LogP contribution in [-0.4, -0.2) is 33.9 Å². The molecular formula is C19H24F2N6O. The molecule has 9 heteroatoms. The van der Waals surface area contributed by atoms with Gasteiger partial charge in [0.2, 0.25) is 0 Å². The molecule has 28 heavy (non-hydrogen) atoms. The van der Waals surface area contributed by atoms with Gasteiger partial charge < -0.3 is 22.1 Å². The standard InChI is InChI=1S/C19H24F2N6O/c1-2-11-5-3-7-15(25-11)27-14-9-12(10-24-16(14)18(23)28)26-17-13(22)6-4-8-19(17,20)21/h3,5,7,9-10,13,17,26H,2,4,6,8,22H2,1H3,(H2,23,28)(H,25,27)/t13-,17-/m0/s1. The van der Waals surface area contributed by atoms with Gasteiger partial charge in [0, 0.05) is 18.2 Å². The lowest BCUT2D eigenvalue weighted by Gasteiger charge is -2.37. The van der Waals surface area contributed by atoms with Gasteiger partial charge in [-0.15, -0.1) is 0 Å². The first-order chi connectivity index (χ1) is 13.3. The van der Waals surface area contributed by atoms with Gasteiger partial charge in [-0.05, 0) is 37.5 Å². The van der Waals surface area contributed by atoms with Gasteiger partial charge in [0.05, 0.1) is 17.6 Å². The number of halogens is 2. The fourth-order valence-electron chi connectivity index (χ4n) is 3.32. The van der Waals surface area contributed by atoms with E-state index in [1.807, 2.05) is 19.1 Å². The van der Waals surface area contributed by atoms with Crippen molar-refractivity contribution in [2.24, 2.45) is 11.5 Å². The number of primary amides is 1. The largest absolute Gasteiger partial charge is 0.374 e. The van der Waals surface area contributed by atoms with E-state index in [2.05, 4.69) is 20.6 Å². The maximum atomic E-state index is 14.3. The monoisotopic (exact) mass is 390 g/mol. The van der Waals surface area contributed by atoms with Gasteiger partial charge in [-0.25, -0.2) is 18.7 Å². The molecule has 0 saturated heterocycles. The number of nitrogens with zero attached hydrogens (tertiary/aromatic N) is 2. The number of nitrogens with one attached hydrogen (secondary N) is 2. The number of carbonyl (C=O) groups excluding carboxylic acids is 1. The second kappa shape index (κ2) is 8.05. The average molecular weight is 390 g/mol. The number of amides is 1. The number of hydrogen-bond donors (Lipinski definition) is 4. The fourth-order valence-corrected chi connectivity index (χ4v) is 3.32. The van der Waals surface area contributed by atoms with Crippen molar-refractivity contribution < 1.29 is 13.6 Å². The van der Waals surface area contributed by atoms with Gasteiger partial charge in [-0.3, -0.25) is 4.79 Å². The number of hydrogen-bond acceptors (Lipinski definition) is 6. The van der Waals surface area contributed by atoms with E-state index < -0.39 is 23.9 Å². The highest BCUT2D eigenvalue weighted by Crippen LogP contribution is 2.35. The first-order valence-electron chi connectivity index (χ1n) is 9.23. The second-order valence-electron chi connectivity index (χ2n) is 6.92. The lowest BCUT2D eigenvalue weighted by atomic mass is 9.87. The van der Waals surface area contributed by atoms with Crippen LogP contribution in [0.1, 0.15) is 42.4 Å². The summed E-state index contributed by atoms with van der Waals surface area (Å²) in [6, 6.07) is 5.06. The molecule has 2 heterocycles. The normalized spacial score (nSPS) is 21.1. The van der Waals surface area contributed by atoms with E-state index in [1.54, 1.807) is 6.07 Å². The van der Waals surface area contributed by atoms with Crippen LogP contribution < -0.4 is 22.1 Å². The summed E-state index contributed by atoms with van der Waals surface area (Å²) >= 11 is 0. The van der Waals surface area contributed by atoms with Gasteiger partial charge in [-0.2, -0.15) is 0 Å². The number of aryl methyl sites for hydroxylation is 1. The molecule has 1 fully saturated rings. The smallest absolute Gasteiger partial charge is 0.269 e. The van der Waals surface area contributed by atoms with Gasteiger partial charge >= 0.3 is 0 Å². The highest BCUT2D eigenvalue weighted by molar-refractivity contribution is 5.97. The zero-order valence-corrected chi connectivity index (χ0v) is 15.6. The van der Waals surface area contributed by atoms with E-state index in [9.17, 15) is 13.6 Å². The predicted molar refractivity (Wildman–Crippen MR) is 104 cm³/mol. The Balaban J connectivity index is 1.89. The minimum atomic E-state index is -2.93. The van der Waals surface area contributed by atoms with E-state index in [0.29, 0.717) is 24.3 Å². The van der Waals surface area contributed by atoms with Crippen molar-refractivity contribution in [1.82, 2.24) is 9.97 Å². The maximum Gasteiger partial charge on any atom is 0.269 e. The van der Waals surface area contributed by atoms with E-state index in [-0.39, 0.29) is 17.8 Å². The highest BCUT2D eigenvalue weighted by Gasteiger charge is 2.45. The second-order valence-corrected chi connectivity index (χ2v) is 6.92. The van der Waals surface area contributed by atoms with Gasteiger partial charge in [0.25, 0.3) is 11.8 Å². The van der Waals surface area contributed by atoms with Crippen LogP contribution in [0.4, 0.5) is 26.0 Å². The zero-order chi connectivity index (χ0) is 20.3. The number of anilines is 3. The lowest BCUT2D eigenvalue weighted by molar-refractivity contribution is -0.0510. The third kappa shape index (κ3) is 4.36. The Labute approximate surface area is 161 Å². The molecule has 1 saturated carbocycles. The maximum absolute atomic E-state index is 14.3. The van der Waals surface area contributed by atoms with Gasteiger partial charge in [0.15, 0.2) is 5.69 Å². The SMILES string of the molecule is CCc1cccc(Nc2cc(N[C@H]3[C@@H](N)CCCC3(F)F)cnc2C(N)=O)n1. The van der Waals surface area contributed by atoms with Crippen molar-refractivity contribution in [3.63, 3.8) is 0 Å². The molecule has 2 aromatic heterocycles. The van der Waals surface area contributed by atoms with Crippen LogP contribution >= 0.6 is 0 Å². The van der Waals surface area contributed by atoms with Crippen LogP contribution in [-0.2, 0) is 6.42 Å². The summed E-state index contributed by atoms with van der Waals surface area (Å²) in [7, 11) is 0. The molecule has 1 amide bonds. The molecule has 0 bridgehead atoms. The van der Waals surface area contributed by atoms with E-state index >= 15 is 0 Å². The van der Waals surface area contributed by atoms with Gasteiger partial charge in [-0.1, -0.05) is 13.0 Å². The molecule has 6 N–H and O–H groups in total. The highest BCUT2D eigenvalue weighted by atomic mass is 19.3. The summed E-state index contributed by atoms with van der Waals surface area (Å²) < 4.78 is 28.6. The summed E-state index contributed by atoms with van der Waals surface area (Å²) in [5, 5.41) is 5.79. The Hall–Kier alpha value is -2.81. The third-order valence-electron chi connectivity index (χ3n) is 4.81. The Bertz CT molecular complexity index is 860. The molecule has 2 aromatic rings. The summed E-state index contributed by atoms with van der Waals surface area (Å²) in [6.45, 7) is 1.97. The van der Waals surface area contributed by atoms with Crippen LogP contribution in [0.25, 0.3) is 0 Å². The van der Waals surface area contributed by atoms with E-state index in [4.69, 9.17) is 11.5 Å². The Kier molecular flexibility index (Phi) is 5.73. The molecular weight excluding hydrogens is 366 g/mol. The van der Waals surface area contributed by atoms with Crippen LogP contribution in [0.15, 0.2) is 30.5 Å². The van der Waals surface area contributed by atoms with Crippen molar-refractivity contribution in [1.29, 1.82) is 0 Å². The van der Waals surface area contributed by atoms with Crippen LogP contribution in [0.3, 0.4) is 0 Å². The summed E-state index contributed by atoms with van der Waals surface area (Å²) in [6.07, 6.45) is 2.73. The molecule has 1 aliphatic rings. The predicted octanol–water partition coefficient (Wildman–Crippen LogP) is 2.81. The number of alkyl halides is 2. The van der Waals surface area contributed by atoms with Gasteiger partial charge in [0.1, 0.15) is 11.9 Å². The molecule has 1 aliphatic carbocycles. The molecule has 7 nitrogen and oxygen atoms in total. The number of rotatable bonds is 6. The Morgan fingerprint density at radius 2 is 2.18 bits per heavy atom. The Morgan fingerprint density at radius 3 is 2.86 bits per heavy atom. The Morgan fingerprint density at radius 1 is 1.39 bits per heavy atom. The number of carbonyl (C=O) groups is 1. The number of nitrogens with two attached hydrogens (primary N) is 2.